The third kappa shape index (κ3) is 4.34. The number of rotatable bonds is 3. The summed E-state index contributed by atoms with van der Waals surface area (Å²) in [5.74, 6) is 0.293. The van der Waals surface area contributed by atoms with E-state index < -0.39 is 5.60 Å². The van der Waals surface area contributed by atoms with Gasteiger partial charge in [0.05, 0.1) is 18.8 Å². The van der Waals surface area contributed by atoms with Crippen LogP contribution in [0.25, 0.3) is 0 Å². The fraction of sp³-hybridized carbons (Fsp3) is 0.429. The molecule has 2 atom stereocenters. The number of nitrogens with zero attached hydrogens (tertiary/aromatic N) is 3. The highest BCUT2D eigenvalue weighted by Gasteiger charge is 2.34. The van der Waals surface area contributed by atoms with Gasteiger partial charge in [-0.05, 0) is 38.7 Å². The number of aromatic nitrogens is 2. The summed E-state index contributed by atoms with van der Waals surface area (Å²) in [4.78, 5) is 14.4. The number of carbonyl (C=O) groups is 1. The first-order chi connectivity index (χ1) is 12.3. The van der Waals surface area contributed by atoms with Crippen LogP contribution in [0.4, 0.5) is 4.79 Å². The molecule has 0 N–H and O–H groups in total. The molecule has 2 heterocycles. The molecule has 2 aromatic rings. The summed E-state index contributed by atoms with van der Waals surface area (Å²) >= 11 is 0. The summed E-state index contributed by atoms with van der Waals surface area (Å²) in [6, 6.07) is 10.2. The predicted octanol–water partition coefficient (Wildman–Crippen LogP) is 4.76. The predicted molar refractivity (Wildman–Crippen MR) is 102 cm³/mol. The minimum atomic E-state index is -0.520. The molecular weight excluding hydrogens is 326 g/mol. The zero-order valence-corrected chi connectivity index (χ0v) is 15.9. The maximum absolute atomic E-state index is 12.7. The van der Waals surface area contributed by atoms with Crippen LogP contribution < -0.4 is 0 Å². The van der Waals surface area contributed by atoms with Crippen LogP contribution >= 0.6 is 0 Å². The molecule has 138 valence electrons. The van der Waals surface area contributed by atoms with Crippen LogP contribution in [0.1, 0.15) is 51.3 Å². The van der Waals surface area contributed by atoms with E-state index in [1.54, 1.807) is 4.90 Å². The van der Waals surface area contributed by atoms with Crippen molar-refractivity contribution in [3.8, 4) is 0 Å². The molecule has 3 rings (SSSR count). The molecule has 0 fully saturated rings. The summed E-state index contributed by atoms with van der Waals surface area (Å²) in [5.41, 5.74) is 1.71. The van der Waals surface area contributed by atoms with E-state index in [1.807, 2.05) is 68.3 Å². The van der Waals surface area contributed by atoms with Crippen molar-refractivity contribution < 1.29 is 9.53 Å². The number of ether oxygens (including phenoxy) is 1. The number of allylic oxidation sites excluding steroid dienone is 1. The first-order valence-corrected chi connectivity index (χ1v) is 9.08. The lowest BCUT2D eigenvalue weighted by atomic mass is 9.90. The highest BCUT2D eigenvalue weighted by atomic mass is 16.6. The minimum absolute atomic E-state index is 0.0700. The molecule has 0 aliphatic carbocycles. The van der Waals surface area contributed by atoms with E-state index in [4.69, 9.17) is 4.74 Å². The molecule has 1 amide bonds. The molecule has 1 aliphatic rings. The molecule has 5 nitrogen and oxygen atoms in total. The second-order valence-electron chi connectivity index (χ2n) is 7.89. The number of benzene rings is 1. The highest BCUT2D eigenvalue weighted by Crippen LogP contribution is 2.35. The summed E-state index contributed by atoms with van der Waals surface area (Å²) in [6.45, 7) is 8.52. The number of amides is 1. The van der Waals surface area contributed by atoms with Crippen molar-refractivity contribution in [3.05, 3.63) is 66.1 Å². The second kappa shape index (κ2) is 7.36. The van der Waals surface area contributed by atoms with Gasteiger partial charge in [0.25, 0.3) is 0 Å². The van der Waals surface area contributed by atoms with Gasteiger partial charge in [0.15, 0.2) is 0 Å². The van der Waals surface area contributed by atoms with E-state index >= 15 is 0 Å². The Morgan fingerprint density at radius 1 is 1.27 bits per heavy atom. The van der Waals surface area contributed by atoms with Crippen molar-refractivity contribution in [1.82, 2.24) is 14.7 Å². The molecule has 26 heavy (non-hydrogen) atoms. The van der Waals surface area contributed by atoms with E-state index in [1.165, 1.54) is 5.56 Å². The molecule has 5 heteroatoms. The maximum atomic E-state index is 12.7. The van der Waals surface area contributed by atoms with Gasteiger partial charge in [0, 0.05) is 18.0 Å². The molecule has 0 radical (unpaired) electrons. The lowest BCUT2D eigenvalue weighted by Gasteiger charge is -2.36. The van der Waals surface area contributed by atoms with Crippen LogP contribution in [0.3, 0.4) is 0 Å². The van der Waals surface area contributed by atoms with Gasteiger partial charge in [-0.25, -0.2) is 4.79 Å². The zero-order valence-electron chi connectivity index (χ0n) is 15.9. The number of carbonyl (C=O) groups excluding carboxylic acids is 1. The van der Waals surface area contributed by atoms with Crippen molar-refractivity contribution in [2.24, 2.45) is 5.92 Å². The third-order valence-electron chi connectivity index (χ3n) is 4.40. The van der Waals surface area contributed by atoms with E-state index in [0.29, 0.717) is 12.5 Å². The van der Waals surface area contributed by atoms with Gasteiger partial charge in [-0.2, -0.15) is 5.10 Å². The van der Waals surface area contributed by atoms with Gasteiger partial charge in [-0.3, -0.25) is 9.58 Å². The van der Waals surface area contributed by atoms with Gasteiger partial charge >= 0.3 is 6.09 Å². The average Bonchev–Trinajstić information content (AvgIpc) is 3.02. The SMILES string of the molecule is CC1CC=CN(C(=O)OC(C)(C)C)C1c1cnn(Cc2ccccc2)c1. The Balaban J connectivity index is 1.81. The van der Waals surface area contributed by atoms with Crippen LogP contribution in [-0.2, 0) is 11.3 Å². The second-order valence-corrected chi connectivity index (χ2v) is 7.89. The van der Waals surface area contributed by atoms with Gasteiger partial charge in [0.2, 0.25) is 0 Å². The Morgan fingerprint density at radius 2 is 2.00 bits per heavy atom. The summed E-state index contributed by atoms with van der Waals surface area (Å²) in [5, 5.41) is 4.50. The van der Waals surface area contributed by atoms with E-state index in [-0.39, 0.29) is 12.1 Å². The molecule has 1 aliphatic heterocycles. The molecule has 0 spiro atoms. The average molecular weight is 353 g/mol. The van der Waals surface area contributed by atoms with Crippen molar-refractivity contribution in [1.29, 1.82) is 0 Å². The third-order valence-corrected chi connectivity index (χ3v) is 4.40. The Kier molecular flexibility index (Phi) is 5.16. The molecule has 2 unspecified atom stereocenters. The van der Waals surface area contributed by atoms with E-state index in [0.717, 1.165) is 12.0 Å². The van der Waals surface area contributed by atoms with Crippen LogP contribution in [0.15, 0.2) is 55.0 Å². The van der Waals surface area contributed by atoms with Crippen LogP contribution in [-0.4, -0.2) is 26.4 Å². The molecule has 1 aromatic carbocycles. The van der Waals surface area contributed by atoms with Crippen molar-refractivity contribution >= 4 is 6.09 Å². The smallest absolute Gasteiger partial charge is 0.414 e. The fourth-order valence-electron chi connectivity index (χ4n) is 3.25. The number of hydrogen-bond donors (Lipinski definition) is 0. The molecule has 0 saturated carbocycles. The summed E-state index contributed by atoms with van der Waals surface area (Å²) < 4.78 is 7.51. The lowest BCUT2D eigenvalue weighted by molar-refractivity contribution is 0.0203. The normalized spacial score (nSPS) is 20.2. The number of hydrogen-bond acceptors (Lipinski definition) is 3. The van der Waals surface area contributed by atoms with E-state index in [2.05, 4.69) is 24.2 Å². The van der Waals surface area contributed by atoms with Crippen molar-refractivity contribution in [2.45, 2.75) is 52.3 Å². The molecular formula is C21H27N3O2. The summed E-state index contributed by atoms with van der Waals surface area (Å²) in [6.07, 6.45) is 8.37. The lowest BCUT2D eigenvalue weighted by Crippen LogP contribution is -2.39. The standard InChI is InChI=1S/C21H27N3O2/c1-16-9-8-12-24(20(25)26-21(2,3)4)19(16)18-13-22-23(15-18)14-17-10-6-5-7-11-17/h5-8,10-13,15-16,19H,9,14H2,1-4H3. The van der Waals surface area contributed by atoms with Crippen LogP contribution in [0.2, 0.25) is 0 Å². The topological polar surface area (TPSA) is 47.4 Å². The first kappa shape index (κ1) is 18.2. The first-order valence-electron chi connectivity index (χ1n) is 9.08. The monoisotopic (exact) mass is 353 g/mol. The van der Waals surface area contributed by atoms with Crippen molar-refractivity contribution in [3.63, 3.8) is 0 Å². The quantitative estimate of drug-likeness (QED) is 0.799. The summed E-state index contributed by atoms with van der Waals surface area (Å²) in [7, 11) is 0. The Hall–Kier alpha value is -2.56. The van der Waals surface area contributed by atoms with Gasteiger partial charge in [-0.15, -0.1) is 0 Å². The van der Waals surface area contributed by atoms with Crippen molar-refractivity contribution in [2.75, 3.05) is 0 Å². The van der Waals surface area contributed by atoms with E-state index in [9.17, 15) is 4.79 Å². The van der Waals surface area contributed by atoms with Gasteiger partial charge < -0.3 is 4.74 Å². The Labute approximate surface area is 155 Å². The fourth-order valence-corrected chi connectivity index (χ4v) is 3.25. The van der Waals surface area contributed by atoms with Crippen LogP contribution in [0, 0.1) is 5.92 Å². The Morgan fingerprint density at radius 3 is 2.69 bits per heavy atom. The minimum Gasteiger partial charge on any atom is -0.443 e. The maximum Gasteiger partial charge on any atom is 0.414 e. The van der Waals surface area contributed by atoms with Gasteiger partial charge in [0.1, 0.15) is 5.60 Å². The molecule has 0 saturated heterocycles. The van der Waals surface area contributed by atoms with Crippen LogP contribution in [0.5, 0.6) is 0 Å². The highest BCUT2D eigenvalue weighted by molar-refractivity contribution is 5.70. The largest absolute Gasteiger partial charge is 0.443 e. The van der Waals surface area contributed by atoms with Gasteiger partial charge in [-0.1, -0.05) is 43.3 Å². The molecule has 1 aromatic heterocycles. The molecule has 0 bridgehead atoms. The Bertz CT molecular complexity index is 774. The zero-order chi connectivity index (χ0) is 18.7.